The van der Waals surface area contributed by atoms with Crippen molar-refractivity contribution >= 4 is 31.7 Å². The standard InChI is InChI=1S/C18H18BrNO5S/c19-15-5-1-3-13(9-15)11-26(22,23)12-17(21)20-10-14-4-2-6-16-18(14)25-8-7-24-16/h1-6,9H,7-8,10-12H2,(H,20,21). The molecule has 1 heterocycles. The summed E-state index contributed by atoms with van der Waals surface area (Å²) in [4.78, 5) is 12.1. The van der Waals surface area contributed by atoms with Crippen molar-refractivity contribution in [1.82, 2.24) is 5.32 Å². The number of amides is 1. The van der Waals surface area contributed by atoms with Crippen LogP contribution in [0.5, 0.6) is 11.5 Å². The number of para-hydroxylation sites is 1. The Morgan fingerprint density at radius 1 is 1.12 bits per heavy atom. The minimum atomic E-state index is -3.56. The Balaban J connectivity index is 1.59. The first-order valence-electron chi connectivity index (χ1n) is 8.02. The van der Waals surface area contributed by atoms with E-state index in [1.165, 1.54) is 0 Å². The van der Waals surface area contributed by atoms with Gasteiger partial charge in [-0.2, -0.15) is 0 Å². The summed E-state index contributed by atoms with van der Waals surface area (Å²) in [6.45, 7) is 1.10. The van der Waals surface area contributed by atoms with Gasteiger partial charge in [-0.3, -0.25) is 4.79 Å². The third-order valence-electron chi connectivity index (χ3n) is 3.75. The quantitative estimate of drug-likeness (QED) is 0.747. The fraction of sp³-hybridized carbons (Fsp3) is 0.278. The van der Waals surface area contributed by atoms with Gasteiger partial charge in [-0.1, -0.05) is 40.2 Å². The fourth-order valence-electron chi connectivity index (χ4n) is 2.65. The van der Waals surface area contributed by atoms with E-state index in [1.807, 2.05) is 12.1 Å². The van der Waals surface area contributed by atoms with Crippen molar-refractivity contribution < 1.29 is 22.7 Å². The Hall–Kier alpha value is -2.06. The lowest BCUT2D eigenvalue weighted by molar-refractivity contribution is -0.118. The van der Waals surface area contributed by atoms with Gasteiger partial charge in [0.2, 0.25) is 5.91 Å². The molecule has 2 aromatic rings. The van der Waals surface area contributed by atoms with Gasteiger partial charge in [0.1, 0.15) is 19.0 Å². The highest BCUT2D eigenvalue weighted by atomic mass is 79.9. The number of sulfone groups is 1. The van der Waals surface area contributed by atoms with E-state index in [4.69, 9.17) is 9.47 Å². The van der Waals surface area contributed by atoms with Crippen LogP contribution in [0.2, 0.25) is 0 Å². The highest BCUT2D eigenvalue weighted by Crippen LogP contribution is 2.33. The summed E-state index contributed by atoms with van der Waals surface area (Å²) in [6, 6.07) is 12.4. The molecule has 1 N–H and O–H groups in total. The van der Waals surface area contributed by atoms with Gasteiger partial charge in [0.25, 0.3) is 0 Å². The average molecular weight is 440 g/mol. The van der Waals surface area contributed by atoms with E-state index < -0.39 is 21.5 Å². The highest BCUT2D eigenvalue weighted by Gasteiger charge is 2.19. The number of nitrogens with one attached hydrogen (secondary N) is 1. The summed E-state index contributed by atoms with van der Waals surface area (Å²) < 4.78 is 36.4. The Morgan fingerprint density at radius 3 is 2.69 bits per heavy atom. The summed E-state index contributed by atoms with van der Waals surface area (Å²) in [7, 11) is -3.56. The van der Waals surface area contributed by atoms with Gasteiger partial charge in [-0.25, -0.2) is 8.42 Å². The van der Waals surface area contributed by atoms with Gasteiger partial charge >= 0.3 is 0 Å². The van der Waals surface area contributed by atoms with Crippen molar-refractivity contribution in [3.63, 3.8) is 0 Å². The zero-order chi connectivity index (χ0) is 18.6. The summed E-state index contributed by atoms with van der Waals surface area (Å²) >= 11 is 3.31. The van der Waals surface area contributed by atoms with E-state index in [0.717, 1.165) is 10.0 Å². The van der Waals surface area contributed by atoms with E-state index in [1.54, 1.807) is 30.3 Å². The first-order valence-corrected chi connectivity index (χ1v) is 10.6. The zero-order valence-corrected chi connectivity index (χ0v) is 16.3. The summed E-state index contributed by atoms with van der Waals surface area (Å²) in [6.07, 6.45) is 0. The first-order chi connectivity index (χ1) is 12.4. The van der Waals surface area contributed by atoms with Crippen LogP contribution >= 0.6 is 15.9 Å². The second-order valence-electron chi connectivity index (χ2n) is 5.88. The van der Waals surface area contributed by atoms with Crippen molar-refractivity contribution in [3.05, 3.63) is 58.1 Å². The van der Waals surface area contributed by atoms with Gasteiger partial charge in [-0.05, 0) is 23.8 Å². The normalized spacial score (nSPS) is 13.3. The van der Waals surface area contributed by atoms with Gasteiger partial charge in [0, 0.05) is 16.6 Å². The number of hydrogen-bond acceptors (Lipinski definition) is 5. The zero-order valence-electron chi connectivity index (χ0n) is 13.9. The molecule has 0 saturated heterocycles. The maximum absolute atomic E-state index is 12.2. The molecule has 3 rings (SSSR count). The van der Waals surface area contributed by atoms with Crippen molar-refractivity contribution in [2.75, 3.05) is 19.0 Å². The summed E-state index contributed by atoms with van der Waals surface area (Å²) in [5.74, 6) is -0.0701. The van der Waals surface area contributed by atoms with E-state index in [9.17, 15) is 13.2 Å². The molecule has 0 saturated carbocycles. The van der Waals surface area contributed by atoms with E-state index in [0.29, 0.717) is 30.3 Å². The average Bonchev–Trinajstić information content (AvgIpc) is 2.59. The van der Waals surface area contributed by atoms with Crippen molar-refractivity contribution in [3.8, 4) is 11.5 Å². The molecule has 1 amide bonds. The topological polar surface area (TPSA) is 81.7 Å². The lowest BCUT2D eigenvalue weighted by Crippen LogP contribution is -2.30. The molecule has 0 bridgehead atoms. The number of ether oxygens (including phenoxy) is 2. The lowest BCUT2D eigenvalue weighted by atomic mass is 10.1. The van der Waals surface area contributed by atoms with Crippen LogP contribution in [0.15, 0.2) is 46.9 Å². The number of benzene rings is 2. The van der Waals surface area contributed by atoms with E-state index in [2.05, 4.69) is 21.2 Å². The molecule has 0 radical (unpaired) electrons. The largest absolute Gasteiger partial charge is 0.486 e. The van der Waals surface area contributed by atoms with Crippen molar-refractivity contribution in [2.45, 2.75) is 12.3 Å². The fourth-order valence-corrected chi connectivity index (χ4v) is 4.39. The molecule has 0 atom stereocenters. The van der Waals surface area contributed by atoms with Crippen molar-refractivity contribution in [1.29, 1.82) is 0 Å². The molecule has 1 aliphatic rings. The minimum Gasteiger partial charge on any atom is -0.486 e. The molecule has 0 aromatic heterocycles. The van der Waals surface area contributed by atoms with Gasteiger partial charge < -0.3 is 14.8 Å². The van der Waals surface area contributed by atoms with Crippen LogP contribution < -0.4 is 14.8 Å². The number of hydrogen-bond donors (Lipinski definition) is 1. The van der Waals surface area contributed by atoms with Crippen LogP contribution in [0, 0.1) is 0 Å². The Labute approximate surface area is 160 Å². The smallest absolute Gasteiger partial charge is 0.235 e. The van der Waals surface area contributed by atoms with Gasteiger partial charge in [0.15, 0.2) is 21.3 Å². The molecule has 2 aromatic carbocycles. The monoisotopic (exact) mass is 439 g/mol. The third-order valence-corrected chi connectivity index (χ3v) is 5.72. The highest BCUT2D eigenvalue weighted by molar-refractivity contribution is 9.10. The molecule has 1 aliphatic heterocycles. The summed E-state index contributed by atoms with van der Waals surface area (Å²) in [5.41, 5.74) is 1.38. The molecule has 8 heteroatoms. The number of halogens is 1. The first kappa shape index (κ1) is 18.7. The Kier molecular flexibility index (Phi) is 5.83. The minimum absolute atomic E-state index is 0.178. The van der Waals surface area contributed by atoms with Crippen LogP contribution in [0.4, 0.5) is 0 Å². The van der Waals surface area contributed by atoms with Gasteiger partial charge in [-0.15, -0.1) is 0 Å². The molecule has 6 nitrogen and oxygen atoms in total. The Morgan fingerprint density at radius 2 is 1.88 bits per heavy atom. The molecule has 0 aliphatic carbocycles. The molecular weight excluding hydrogens is 422 g/mol. The van der Waals surface area contributed by atoms with Crippen LogP contribution in [-0.4, -0.2) is 33.3 Å². The third kappa shape index (κ3) is 4.98. The van der Waals surface area contributed by atoms with E-state index >= 15 is 0 Å². The number of carbonyl (C=O) groups excluding carboxylic acids is 1. The van der Waals surface area contributed by atoms with Crippen molar-refractivity contribution in [2.24, 2.45) is 0 Å². The molecule has 26 heavy (non-hydrogen) atoms. The second-order valence-corrected chi connectivity index (χ2v) is 8.86. The van der Waals surface area contributed by atoms with Crippen LogP contribution in [0.1, 0.15) is 11.1 Å². The van der Waals surface area contributed by atoms with Crippen LogP contribution in [0.3, 0.4) is 0 Å². The lowest BCUT2D eigenvalue weighted by Gasteiger charge is -2.21. The summed E-state index contributed by atoms with van der Waals surface area (Å²) in [5, 5.41) is 2.64. The van der Waals surface area contributed by atoms with Crippen LogP contribution in [-0.2, 0) is 26.9 Å². The maximum atomic E-state index is 12.2. The van der Waals surface area contributed by atoms with E-state index in [-0.39, 0.29) is 12.3 Å². The van der Waals surface area contributed by atoms with Crippen LogP contribution in [0.25, 0.3) is 0 Å². The SMILES string of the molecule is O=C(CS(=O)(=O)Cc1cccc(Br)c1)NCc1cccc2c1OCCO2. The predicted molar refractivity (Wildman–Crippen MR) is 101 cm³/mol. The molecular formula is C18H18BrNO5S. The maximum Gasteiger partial charge on any atom is 0.235 e. The molecule has 138 valence electrons. The molecule has 0 fully saturated rings. The number of fused-ring (bicyclic) bond motifs is 1. The molecule has 0 unspecified atom stereocenters. The number of rotatable bonds is 6. The Bertz CT molecular complexity index is 914. The second kappa shape index (κ2) is 8.09. The number of carbonyl (C=O) groups is 1. The van der Waals surface area contributed by atoms with Gasteiger partial charge in [0.05, 0.1) is 5.75 Å². The predicted octanol–water partition coefficient (Wildman–Crippen LogP) is 2.45. The molecule has 0 spiro atoms.